The Labute approximate surface area is 245 Å². The van der Waals surface area contributed by atoms with Crippen LogP contribution in [0.5, 0.6) is 5.75 Å². The van der Waals surface area contributed by atoms with Gasteiger partial charge in [0.05, 0.1) is 37.6 Å². The summed E-state index contributed by atoms with van der Waals surface area (Å²) in [6, 6.07) is 9.03. The first-order valence-electron chi connectivity index (χ1n) is 12.9. The van der Waals surface area contributed by atoms with Crippen molar-refractivity contribution >= 4 is 17.6 Å². The zero-order chi connectivity index (χ0) is 31.9. The van der Waals surface area contributed by atoms with Crippen LogP contribution < -0.4 is 15.4 Å². The largest absolute Gasteiger partial charge is 0.573 e. The van der Waals surface area contributed by atoms with Crippen LogP contribution in [0.1, 0.15) is 40.8 Å². The molecule has 0 radical (unpaired) electrons. The molecule has 18 heteroatoms. The third-order valence-corrected chi connectivity index (χ3v) is 5.82. The summed E-state index contributed by atoms with van der Waals surface area (Å²) >= 11 is 0. The lowest BCUT2D eigenvalue weighted by Crippen LogP contribution is -2.24. The van der Waals surface area contributed by atoms with Gasteiger partial charge in [-0.3, -0.25) is 14.3 Å². The highest BCUT2D eigenvalue weighted by Crippen LogP contribution is 2.25. The van der Waals surface area contributed by atoms with Gasteiger partial charge >= 0.3 is 6.36 Å². The minimum absolute atomic E-state index is 0.0159. The summed E-state index contributed by atoms with van der Waals surface area (Å²) in [6.45, 7) is 0.445. The molecule has 0 saturated heterocycles. The molecule has 2 amide bonds. The van der Waals surface area contributed by atoms with E-state index in [1.54, 1.807) is 0 Å². The minimum atomic E-state index is -4.86. The van der Waals surface area contributed by atoms with Crippen LogP contribution in [0.15, 0.2) is 54.9 Å². The highest BCUT2D eigenvalue weighted by molar-refractivity contribution is 5.92. The molecule has 1 aromatic carbocycles. The van der Waals surface area contributed by atoms with E-state index in [0.29, 0.717) is 0 Å². The molecule has 2 N–H and O–H groups in total. The number of benzene rings is 1. The number of alkyl halides is 6. The smallest absolute Gasteiger partial charge is 0.406 e. The van der Waals surface area contributed by atoms with Crippen molar-refractivity contribution in [3.05, 3.63) is 77.5 Å². The molecule has 0 aliphatic carbocycles. The number of pyridine rings is 1. The van der Waals surface area contributed by atoms with Crippen molar-refractivity contribution in [2.75, 3.05) is 5.32 Å². The Balaban J connectivity index is 1.20. The first-order valence-corrected chi connectivity index (χ1v) is 12.9. The molecule has 0 saturated carbocycles. The normalized spacial score (nSPS) is 12.5. The Morgan fingerprint density at radius 1 is 1.00 bits per heavy atom. The molecule has 3 aromatic heterocycles. The lowest BCUT2D eigenvalue weighted by molar-refractivity contribution is -0.274. The molecule has 0 bridgehead atoms. The Morgan fingerprint density at radius 3 is 2.50 bits per heavy atom. The fraction of sp³-hybridized carbons (Fsp3) is 0.346. The van der Waals surface area contributed by atoms with Crippen LogP contribution >= 0.6 is 0 Å². The molecular weight excluding hydrogens is 600 g/mol. The number of ether oxygens (including phenoxy) is 1. The Kier molecular flexibility index (Phi) is 9.80. The molecule has 0 spiro atoms. The number of nitrogens with one attached hydrogen (secondary N) is 2. The Morgan fingerprint density at radius 2 is 1.75 bits per heavy atom. The Hall–Kier alpha value is -5.03. The molecule has 4 aromatic rings. The van der Waals surface area contributed by atoms with Gasteiger partial charge in [0.25, 0.3) is 11.8 Å². The molecule has 3 heterocycles. The second kappa shape index (κ2) is 13.5. The second-order valence-corrected chi connectivity index (χ2v) is 9.58. The summed E-state index contributed by atoms with van der Waals surface area (Å²) in [5.74, 6) is -4.78. The highest BCUT2D eigenvalue weighted by Gasteiger charge is 2.31. The highest BCUT2D eigenvalue weighted by atomic mass is 19.4. The van der Waals surface area contributed by atoms with Crippen LogP contribution in [-0.4, -0.2) is 59.3 Å². The second-order valence-electron chi connectivity index (χ2n) is 9.58. The van der Waals surface area contributed by atoms with Crippen LogP contribution in [0, 0.1) is 0 Å². The molecule has 234 valence electrons. The lowest BCUT2D eigenvalue weighted by atomic mass is 10.1. The number of halogens is 6. The summed E-state index contributed by atoms with van der Waals surface area (Å²) in [4.78, 5) is 28.5. The molecule has 0 aliphatic heterocycles. The number of hydrogen-bond acceptors (Lipinski definition) is 8. The average molecular weight is 626 g/mol. The SMILES string of the molecule is CC(F)(F)c1cccc(CNC(=O)c2cn(CCC(F)Cn3cc(NC(=O)Cc4cccc(OC(F)(F)F)c4)nn3)nn2)n1. The summed E-state index contributed by atoms with van der Waals surface area (Å²) in [7, 11) is 0. The van der Waals surface area contributed by atoms with Crippen LogP contribution in [0.3, 0.4) is 0 Å². The maximum atomic E-state index is 14.6. The van der Waals surface area contributed by atoms with E-state index in [4.69, 9.17) is 0 Å². The first-order chi connectivity index (χ1) is 20.7. The molecule has 1 unspecified atom stereocenters. The fourth-order valence-corrected chi connectivity index (χ4v) is 3.83. The molecule has 12 nitrogen and oxygen atoms in total. The number of hydrogen-bond donors (Lipinski definition) is 2. The average Bonchev–Trinajstić information content (AvgIpc) is 3.59. The van der Waals surface area contributed by atoms with E-state index in [0.717, 1.165) is 23.7 Å². The summed E-state index contributed by atoms with van der Waals surface area (Å²) < 4.78 is 85.0. The molecule has 4 rings (SSSR count). The van der Waals surface area contributed by atoms with Gasteiger partial charge in [-0.25, -0.2) is 14.1 Å². The third kappa shape index (κ3) is 9.77. The van der Waals surface area contributed by atoms with E-state index >= 15 is 0 Å². The summed E-state index contributed by atoms with van der Waals surface area (Å²) in [6.07, 6.45) is -4.00. The van der Waals surface area contributed by atoms with E-state index in [9.17, 15) is 35.9 Å². The van der Waals surface area contributed by atoms with Gasteiger partial charge in [0.2, 0.25) is 5.91 Å². The number of rotatable bonds is 13. The van der Waals surface area contributed by atoms with Gasteiger partial charge in [0.15, 0.2) is 11.5 Å². The van der Waals surface area contributed by atoms with Crippen molar-refractivity contribution in [1.82, 2.24) is 40.3 Å². The van der Waals surface area contributed by atoms with Gasteiger partial charge in [0.1, 0.15) is 17.6 Å². The molecule has 0 aliphatic rings. The summed E-state index contributed by atoms with van der Waals surface area (Å²) in [5.41, 5.74) is 0.00504. The zero-order valence-corrected chi connectivity index (χ0v) is 22.9. The monoisotopic (exact) mass is 625 g/mol. The van der Waals surface area contributed by atoms with Crippen LogP contribution in [-0.2, 0) is 36.8 Å². The van der Waals surface area contributed by atoms with Gasteiger partial charge in [-0.2, -0.15) is 8.78 Å². The van der Waals surface area contributed by atoms with E-state index in [1.165, 1.54) is 47.4 Å². The topological polar surface area (TPSA) is 142 Å². The summed E-state index contributed by atoms with van der Waals surface area (Å²) in [5, 5.41) is 20.0. The predicted molar refractivity (Wildman–Crippen MR) is 140 cm³/mol. The number of nitrogens with zero attached hydrogens (tertiary/aromatic N) is 7. The standard InChI is InChI=1S/C26H25F6N9O3/c1-25(28,29)21-7-3-5-18(34-21)12-33-24(43)20-14-40(38-36-20)9-8-17(27)13-41-15-22(37-39-41)35-23(42)11-16-4-2-6-19(10-16)44-26(30,31)32/h2-7,10,14-15,17H,8-9,11-13H2,1H3,(H,33,43)(H,35,42). The Bertz CT molecular complexity index is 1590. The number of carbonyl (C=O) groups excluding carboxylic acids is 2. The van der Waals surface area contributed by atoms with Gasteiger partial charge < -0.3 is 15.4 Å². The third-order valence-electron chi connectivity index (χ3n) is 5.82. The van der Waals surface area contributed by atoms with Crippen molar-refractivity contribution in [2.24, 2.45) is 0 Å². The number of anilines is 1. The molecule has 0 fully saturated rings. The van der Waals surface area contributed by atoms with Crippen molar-refractivity contribution in [3.8, 4) is 5.75 Å². The van der Waals surface area contributed by atoms with E-state index in [1.807, 2.05) is 0 Å². The van der Waals surface area contributed by atoms with E-state index < -0.39 is 41.7 Å². The molecular formula is C26H25F6N9O3. The van der Waals surface area contributed by atoms with Crippen LogP contribution in [0.2, 0.25) is 0 Å². The van der Waals surface area contributed by atoms with Gasteiger partial charge in [-0.15, -0.1) is 23.4 Å². The van der Waals surface area contributed by atoms with Crippen molar-refractivity contribution in [2.45, 2.75) is 57.9 Å². The molecule has 1 atom stereocenters. The van der Waals surface area contributed by atoms with Crippen molar-refractivity contribution in [3.63, 3.8) is 0 Å². The van der Waals surface area contributed by atoms with Gasteiger partial charge in [-0.05, 0) is 29.8 Å². The zero-order valence-electron chi connectivity index (χ0n) is 22.9. The van der Waals surface area contributed by atoms with Crippen molar-refractivity contribution < 1.29 is 40.7 Å². The van der Waals surface area contributed by atoms with E-state index in [2.05, 4.69) is 41.0 Å². The van der Waals surface area contributed by atoms with Crippen LogP contribution in [0.4, 0.5) is 32.2 Å². The quantitative estimate of drug-likeness (QED) is 0.214. The number of carbonyl (C=O) groups is 2. The van der Waals surface area contributed by atoms with E-state index in [-0.39, 0.29) is 55.2 Å². The van der Waals surface area contributed by atoms with Crippen molar-refractivity contribution in [1.29, 1.82) is 0 Å². The maximum Gasteiger partial charge on any atom is 0.573 e. The number of aromatic nitrogens is 7. The fourth-order valence-electron chi connectivity index (χ4n) is 3.83. The van der Waals surface area contributed by atoms with Crippen LogP contribution in [0.25, 0.3) is 0 Å². The lowest BCUT2D eigenvalue weighted by Gasteiger charge is -2.11. The first kappa shape index (κ1) is 31.9. The predicted octanol–water partition coefficient (Wildman–Crippen LogP) is 3.81. The van der Waals surface area contributed by atoms with Gasteiger partial charge in [-0.1, -0.05) is 28.6 Å². The minimum Gasteiger partial charge on any atom is -0.406 e. The number of amides is 2. The van der Waals surface area contributed by atoms with Gasteiger partial charge in [0, 0.05) is 19.9 Å². The maximum absolute atomic E-state index is 14.6. The molecule has 44 heavy (non-hydrogen) atoms. The number of aryl methyl sites for hydroxylation is 1.